The van der Waals surface area contributed by atoms with Gasteiger partial charge in [-0.25, -0.2) is 4.98 Å². The second kappa shape index (κ2) is 7.88. The summed E-state index contributed by atoms with van der Waals surface area (Å²) in [4.78, 5) is 31.7. The molecule has 31 heavy (non-hydrogen) atoms. The zero-order chi connectivity index (χ0) is 22.3. The van der Waals surface area contributed by atoms with Gasteiger partial charge in [0.25, 0.3) is 11.8 Å². The molecule has 0 aliphatic heterocycles. The first-order valence-electron chi connectivity index (χ1n) is 9.47. The number of amides is 2. The molecule has 0 saturated carbocycles. The van der Waals surface area contributed by atoms with E-state index < -0.39 is 0 Å². The largest absolute Gasteiger partial charge is 0.463 e. The Bertz CT molecular complexity index is 1310. The zero-order valence-corrected chi connectivity index (χ0v) is 18.2. The topological polar surface area (TPSA) is 93.3 Å². The van der Waals surface area contributed by atoms with E-state index in [1.807, 2.05) is 6.92 Å². The summed E-state index contributed by atoms with van der Waals surface area (Å²) in [6.07, 6.45) is 1.55. The lowest BCUT2D eigenvalue weighted by molar-refractivity contribution is 0.0827. The molecule has 0 saturated heterocycles. The third-order valence-electron chi connectivity index (χ3n) is 4.85. The predicted molar refractivity (Wildman–Crippen MR) is 118 cm³/mol. The molecule has 1 aromatic carbocycles. The number of nitrogens with zero attached hydrogens (tertiary/aromatic N) is 4. The molecule has 3 heterocycles. The second-order valence-corrected chi connectivity index (χ2v) is 7.70. The highest BCUT2D eigenvalue weighted by Gasteiger charge is 2.21. The Morgan fingerprint density at radius 2 is 1.94 bits per heavy atom. The molecule has 0 spiro atoms. The van der Waals surface area contributed by atoms with Gasteiger partial charge in [0, 0.05) is 26.8 Å². The van der Waals surface area contributed by atoms with E-state index in [2.05, 4.69) is 15.4 Å². The van der Waals surface area contributed by atoms with Crippen molar-refractivity contribution in [3.8, 4) is 11.5 Å². The van der Waals surface area contributed by atoms with Gasteiger partial charge in [-0.3, -0.25) is 14.3 Å². The molecule has 0 atom stereocenters. The molecule has 3 aromatic heterocycles. The third kappa shape index (κ3) is 3.77. The van der Waals surface area contributed by atoms with Crippen LogP contribution in [0.25, 0.3) is 22.5 Å². The predicted octanol–water partition coefficient (Wildman–Crippen LogP) is 4.14. The Morgan fingerprint density at radius 3 is 2.61 bits per heavy atom. The van der Waals surface area contributed by atoms with E-state index >= 15 is 0 Å². The smallest absolute Gasteiger partial charge is 0.256 e. The minimum Gasteiger partial charge on any atom is -0.463 e. The van der Waals surface area contributed by atoms with Gasteiger partial charge in [-0.1, -0.05) is 11.6 Å². The van der Waals surface area contributed by atoms with E-state index in [1.54, 1.807) is 68.5 Å². The molecule has 0 radical (unpaired) electrons. The van der Waals surface area contributed by atoms with Crippen LogP contribution >= 0.6 is 11.6 Å². The van der Waals surface area contributed by atoms with Gasteiger partial charge in [0.1, 0.15) is 5.69 Å². The minimum atomic E-state index is -0.359. The number of carbonyl (C=O) groups excluding carboxylic acids is 2. The van der Waals surface area contributed by atoms with Crippen molar-refractivity contribution in [1.29, 1.82) is 0 Å². The first kappa shape index (κ1) is 20.6. The first-order valence-corrected chi connectivity index (χ1v) is 9.85. The van der Waals surface area contributed by atoms with Crippen molar-refractivity contribution in [2.24, 2.45) is 7.05 Å². The van der Waals surface area contributed by atoms with E-state index in [0.717, 1.165) is 0 Å². The minimum absolute atomic E-state index is 0.254. The van der Waals surface area contributed by atoms with Crippen molar-refractivity contribution in [3.05, 3.63) is 64.5 Å². The van der Waals surface area contributed by atoms with Gasteiger partial charge in [-0.05, 0) is 43.3 Å². The number of aromatic nitrogens is 3. The van der Waals surface area contributed by atoms with Crippen LogP contribution in [0.2, 0.25) is 5.02 Å². The van der Waals surface area contributed by atoms with Crippen molar-refractivity contribution < 1.29 is 14.0 Å². The molecule has 4 rings (SSSR count). The summed E-state index contributed by atoms with van der Waals surface area (Å²) >= 11 is 6.18. The van der Waals surface area contributed by atoms with Gasteiger partial charge in [-0.2, -0.15) is 5.10 Å². The number of anilines is 1. The van der Waals surface area contributed by atoms with E-state index in [-0.39, 0.29) is 11.8 Å². The maximum atomic E-state index is 13.3. The molecule has 4 aromatic rings. The molecule has 158 valence electrons. The number of pyridine rings is 1. The van der Waals surface area contributed by atoms with Crippen molar-refractivity contribution in [2.75, 3.05) is 19.4 Å². The van der Waals surface area contributed by atoms with Crippen LogP contribution in [0.15, 0.2) is 47.1 Å². The lowest BCUT2D eigenvalue weighted by Gasteiger charge is -2.13. The summed E-state index contributed by atoms with van der Waals surface area (Å²) in [7, 11) is 5.05. The lowest BCUT2D eigenvalue weighted by atomic mass is 10.1. The van der Waals surface area contributed by atoms with Gasteiger partial charge in [0.05, 0.1) is 33.5 Å². The number of aryl methyl sites for hydroxylation is 2. The van der Waals surface area contributed by atoms with Crippen LogP contribution in [-0.4, -0.2) is 45.6 Å². The number of carbonyl (C=O) groups is 2. The van der Waals surface area contributed by atoms with E-state index in [4.69, 9.17) is 16.0 Å². The molecule has 0 unspecified atom stereocenters. The van der Waals surface area contributed by atoms with E-state index in [9.17, 15) is 9.59 Å². The van der Waals surface area contributed by atoms with Crippen LogP contribution in [0.3, 0.4) is 0 Å². The van der Waals surface area contributed by atoms with E-state index in [1.165, 1.54) is 4.90 Å². The van der Waals surface area contributed by atoms with Crippen molar-refractivity contribution >= 4 is 40.1 Å². The van der Waals surface area contributed by atoms with Crippen LogP contribution in [0.1, 0.15) is 26.4 Å². The lowest BCUT2D eigenvalue weighted by Crippen LogP contribution is -2.22. The Hall–Kier alpha value is -3.65. The van der Waals surface area contributed by atoms with Crippen molar-refractivity contribution in [1.82, 2.24) is 19.7 Å². The number of hydrogen-bond donors (Lipinski definition) is 1. The van der Waals surface area contributed by atoms with Gasteiger partial charge < -0.3 is 14.6 Å². The van der Waals surface area contributed by atoms with Gasteiger partial charge in [0.15, 0.2) is 11.4 Å². The standard InChI is InChI=1S/C22H20ClN5O3/c1-12-19-15(11-17(18-6-5-9-31-18)25-20(19)28(4)26-12)21(29)24-13-7-8-16(23)14(10-13)22(30)27(2)3/h5-11H,1-4H3,(H,24,29). The molecular formula is C22H20ClN5O3. The number of hydrogen-bond acceptors (Lipinski definition) is 5. The molecular weight excluding hydrogens is 418 g/mol. The fraction of sp³-hybridized carbons (Fsp3) is 0.182. The summed E-state index contributed by atoms with van der Waals surface area (Å²) < 4.78 is 7.09. The van der Waals surface area contributed by atoms with Crippen LogP contribution in [0.5, 0.6) is 0 Å². The van der Waals surface area contributed by atoms with Crippen molar-refractivity contribution in [3.63, 3.8) is 0 Å². The normalized spacial score (nSPS) is 11.0. The molecule has 9 heteroatoms. The molecule has 0 aliphatic carbocycles. The van der Waals surface area contributed by atoms with Gasteiger partial charge >= 0.3 is 0 Å². The fourth-order valence-corrected chi connectivity index (χ4v) is 3.58. The summed E-state index contributed by atoms with van der Waals surface area (Å²) in [5.41, 5.74) is 2.92. The summed E-state index contributed by atoms with van der Waals surface area (Å²) in [6.45, 7) is 1.82. The van der Waals surface area contributed by atoms with Crippen LogP contribution in [0.4, 0.5) is 5.69 Å². The number of fused-ring (bicyclic) bond motifs is 1. The second-order valence-electron chi connectivity index (χ2n) is 7.29. The Labute approximate surface area is 183 Å². The number of halogens is 1. The number of furan rings is 1. The Kier molecular flexibility index (Phi) is 5.24. The summed E-state index contributed by atoms with van der Waals surface area (Å²) in [6, 6.07) is 10.00. The van der Waals surface area contributed by atoms with E-state index in [0.29, 0.717) is 50.0 Å². The average molecular weight is 438 g/mol. The highest BCUT2D eigenvalue weighted by molar-refractivity contribution is 6.34. The highest BCUT2D eigenvalue weighted by Crippen LogP contribution is 2.28. The molecule has 0 bridgehead atoms. The summed E-state index contributed by atoms with van der Waals surface area (Å²) in [5.74, 6) is -0.0716. The zero-order valence-electron chi connectivity index (χ0n) is 17.4. The first-order chi connectivity index (χ1) is 14.8. The molecule has 0 fully saturated rings. The molecule has 1 N–H and O–H groups in total. The Balaban J connectivity index is 1.78. The molecule has 2 amide bonds. The Morgan fingerprint density at radius 1 is 1.16 bits per heavy atom. The number of rotatable bonds is 4. The quantitative estimate of drug-likeness (QED) is 0.517. The third-order valence-corrected chi connectivity index (χ3v) is 5.18. The van der Waals surface area contributed by atoms with Gasteiger partial charge in [0.2, 0.25) is 0 Å². The monoisotopic (exact) mass is 437 g/mol. The highest BCUT2D eigenvalue weighted by atomic mass is 35.5. The number of nitrogens with one attached hydrogen (secondary N) is 1. The maximum Gasteiger partial charge on any atom is 0.256 e. The van der Waals surface area contributed by atoms with Gasteiger partial charge in [-0.15, -0.1) is 0 Å². The maximum absolute atomic E-state index is 13.3. The van der Waals surface area contributed by atoms with Crippen LogP contribution < -0.4 is 5.32 Å². The molecule has 8 nitrogen and oxygen atoms in total. The fourth-order valence-electron chi connectivity index (χ4n) is 3.38. The van der Waals surface area contributed by atoms with Crippen LogP contribution in [-0.2, 0) is 7.05 Å². The average Bonchev–Trinajstić information content (AvgIpc) is 3.37. The van der Waals surface area contributed by atoms with Crippen LogP contribution in [0, 0.1) is 6.92 Å². The molecule has 0 aliphatic rings. The summed E-state index contributed by atoms with van der Waals surface area (Å²) in [5, 5.41) is 8.22. The van der Waals surface area contributed by atoms with Crippen molar-refractivity contribution in [2.45, 2.75) is 6.92 Å². The number of benzene rings is 1. The SMILES string of the molecule is Cc1nn(C)c2nc(-c3ccco3)cc(C(=O)Nc3ccc(Cl)c(C(=O)N(C)C)c3)c12.